The molecule has 0 nitrogen and oxygen atoms in total. The van der Waals surface area contributed by atoms with Crippen LogP contribution in [0.5, 0.6) is 0 Å². The molecule has 0 aromatic rings. The quantitative estimate of drug-likeness (QED) is 0.517. The summed E-state index contributed by atoms with van der Waals surface area (Å²) in [6.45, 7) is 0. The first kappa shape index (κ1) is 11.7. The molecule has 0 aliphatic rings. The van der Waals surface area contributed by atoms with Crippen molar-refractivity contribution in [1.82, 2.24) is 0 Å². The molecule has 6 heteroatoms. The third kappa shape index (κ3) is 3.74. The lowest BCUT2D eigenvalue weighted by atomic mass is 10.6. The fourth-order valence-electron chi connectivity index (χ4n) is 0.0952. The summed E-state index contributed by atoms with van der Waals surface area (Å²) in [6, 6.07) is 0. The van der Waals surface area contributed by atoms with Crippen LogP contribution in [0.15, 0.2) is 0 Å². The van der Waals surface area contributed by atoms with E-state index >= 15 is 0 Å². The topological polar surface area (TPSA) is 0 Å². The van der Waals surface area contributed by atoms with Gasteiger partial charge in [-0.05, 0) is 0 Å². The molecule has 56 valence electrons. The number of hydrogen-bond acceptors (Lipinski definition) is 0. The van der Waals surface area contributed by atoms with Crippen LogP contribution in [0.1, 0.15) is 0 Å². The molecular weight excluding hydrogens is 471 g/mol. The Morgan fingerprint density at radius 3 is 1.44 bits per heavy atom. The highest BCUT2D eigenvalue weighted by atomic mass is 79.9. The first-order valence-corrected chi connectivity index (χ1v) is 6.60. The number of alkyl halides is 6. The minimum Gasteiger partial charge on any atom is -0.108 e. The van der Waals surface area contributed by atoms with E-state index in [-0.39, 0.29) is 11.3 Å². The Balaban J connectivity index is 4.01. The summed E-state index contributed by atoms with van der Waals surface area (Å²) in [4.78, 5) is 0. The molecule has 0 spiro atoms. The molecule has 0 saturated heterocycles. The monoisotopic (exact) mass is 468 g/mol. The standard InChI is InChI=1S/C3H2Br5Cl/c4-1(5)3(7,8)2(6)9/h1-2H. The lowest BCUT2D eigenvalue weighted by Gasteiger charge is -2.23. The molecule has 0 heterocycles. The van der Waals surface area contributed by atoms with Crippen molar-refractivity contribution in [2.45, 2.75) is 11.3 Å². The zero-order valence-corrected chi connectivity index (χ0v) is 12.6. The van der Waals surface area contributed by atoms with Crippen molar-refractivity contribution in [3.63, 3.8) is 0 Å². The first-order chi connectivity index (χ1) is 3.89. The lowest BCUT2D eigenvalue weighted by molar-refractivity contribution is 1.04. The second-order valence-electron chi connectivity index (χ2n) is 1.28. The second kappa shape index (κ2) is 4.65. The molecule has 1 atom stereocenters. The van der Waals surface area contributed by atoms with Crippen molar-refractivity contribution in [2.75, 3.05) is 0 Å². The summed E-state index contributed by atoms with van der Waals surface area (Å²) in [5.41, 5.74) is 0. The van der Waals surface area contributed by atoms with Gasteiger partial charge < -0.3 is 0 Å². The second-order valence-corrected chi connectivity index (χ2v) is 9.90. The molecule has 0 aromatic heterocycles. The van der Waals surface area contributed by atoms with E-state index in [1.807, 2.05) is 0 Å². The zero-order chi connectivity index (χ0) is 7.65. The maximum atomic E-state index is 5.73. The molecule has 0 N–H and O–H groups in total. The van der Waals surface area contributed by atoms with Gasteiger partial charge in [0.25, 0.3) is 0 Å². The van der Waals surface area contributed by atoms with E-state index < -0.39 is 0 Å². The van der Waals surface area contributed by atoms with Crippen molar-refractivity contribution in [3.05, 3.63) is 0 Å². The van der Waals surface area contributed by atoms with Crippen molar-refractivity contribution >= 4 is 91.3 Å². The van der Waals surface area contributed by atoms with Gasteiger partial charge in [0, 0.05) is 0 Å². The van der Waals surface area contributed by atoms with E-state index in [4.69, 9.17) is 11.6 Å². The SMILES string of the molecule is ClC(Br)C(Br)(Br)C(Br)Br. The predicted molar refractivity (Wildman–Crippen MR) is 60.8 cm³/mol. The molecule has 0 fully saturated rings. The summed E-state index contributed by atoms with van der Waals surface area (Å²) >= 11 is 22.3. The van der Waals surface area contributed by atoms with E-state index in [1.54, 1.807) is 0 Å². The third-order valence-electron chi connectivity index (χ3n) is 0.582. The van der Waals surface area contributed by atoms with Crippen LogP contribution in [0.25, 0.3) is 0 Å². The van der Waals surface area contributed by atoms with Crippen LogP contribution in [-0.4, -0.2) is 11.3 Å². The summed E-state index contributed by atoms with van der Waals surface area (Å²) < 4.78 is -0.477. The summed E-state index contributed by atoms with van der Waals surface area (Å²) in [6.07, 6.45) is 0. The van der Waals surface area contributed by atoms with Gasteiger partial charge in [-0.2, -0.15) is 0 Å². The molecular formula is C3H2Br5Cl. The van der Waals surface area contributed by atoms with E-state index in [0.29, 0.717) is 0 Å². The van der Waals surface area contributed by atoms with Crippen LogP contribution < -0.4 is 0 Å². The molecule has 0 aromatic carbocycles. The van der Waals surface area contributed by atoms with Crippen LogP contribution >= 0.6 is 91.3 Å². The average Bonchev–Trinajstić information content (AvgIpc) is 1.65. The fraction of sp³-hybridized carbons (Fsp3) is 1.00. The van der Waals surface area contributed by atoms with Crippen LogP contribution in [0.4, 0.5) is 0 Å². The highest BCUT2D eigenvalue weighted by molar-refractivity contribution is 9.30. The molecule has 0 aliphatic heterocycles. The average molecular weight is 473 g/mol. The molecule has 0 rings (SSSR count). The minimum atomic E-state index is -0.360. The van der Waals surface area contributed by atoms with Gasteiger partial charge in [0.15, 0.2) is 0 Å². The third-order valence-corrected chi connectivity index (χ3v) is 9.14. The smallest absolute Gasteiger partial charge is 0.108 e. The van der Waals surface area contributed by atoms with E-state index in [2.05, 4.69) is 79.6 Å². The maximum absolute atomic E-state index is 5.73. The van der Waals surface area contributed by atoms with Gasteiger partial charge >= 0.3 is 0 Å². The van der Waals surface area contributed by atoms with E-state index in [1.165, 1.54) is 0 Å². The van der Waals surface area contributed by atoms with E-state index in [9.17, 15) is 0 Å². The van der Waals surface area contributed by atoms with Crippen LogP contribution in [0.3, 0.4) is 0 Å². The molecule has 9 heavy (non-hydrogen) atoms. The molecule has 1 unspecified atom stereocenters. The van der Waals surface area contributed by atoms with Crippen molar-refractivity contribution in [1.29, 1.82) is 0 Å². The summed E-state index contributed by atoms with van der Waals surface area (Å²) in [7, 11) is 0. The maximum Gasteiger partial charge on any atom is 0.129 e. The highest BCUT2D eigenvalue weighted by Gasteiger charge is 2.36. The summed E-state index contributed by atoms with van der Waals surface area (Å²) in [5, 5.41) is 0. The zero-order valence-electron chi connectivity index (χ0n) is 3.92. The Morgan fingerprint density at radius 2 is 1.44 bits per heavy atom. The first-order valence-electron chi connectivity index (χ1n) is 1.83. The van der Waals surface area contributed by atoms with Crippen LogP contribution in [0, 0.1) is 0 Å². The Morgan fingerprint density at radius 1 is 1.11 bits per heavy atom. The number of rotatable bonds is 2. The van der Waals surface area contributed by atoms with Gasteiger partial charge in [0.2, 0.25) is 0 Å². The fourth-order valence-corrected chi connectivity index (χ4v) is 2.03. The Kier molecular flexibility index (Phi) is 6.04. The molecule has 0 saturated carbocycles. The van der Waals surface area contributed by atoms with Gasteiger partial charge in [-0.1, -0.05) is 79.6 Å². The van der Waals surface area contributed by atoms with Gasteiger partial charge in [-0.25, -0.2) is 0 Å². The summed E-state index contributed by atoms with van der Waals surface area (Å²) in [5.74, 6) is 0. The van der Waals surface area contributed by atoms with Gasteiger partial charge in [0.05, 0.1) is 3.74 Å². The normalized spacial score (nSPS) is 16.3. The highest BCUT2D eigenvalue weighted by Crippen LogP contribution is 2.45. The van der Waals surface area contributed by atoms with Gasteiger partial charge in [-0.3, -0.25) is 0 Å². The van der Waals surface area contributed by atoms with Crippen LogP contribution in [-0.2, 0) is 0 Å². The number of halogens is 6. The van der Waals surface area contributed by atoms with Crippen molar-refractivity contribution in [2.24, 2.45) is 0 Å². The molecule has 0 aliphatic carbocycles. The van der Waals surface area contributed by atoms with Crippen molar-refractivity contribution < 1.29 is 0 Å². The Hall–Kier alpha value is 2.69. The van der Waals surface area contributed by atoms with E-state index in [0.717, 1.165) is 0 Å². The van der Waals surface area contributed by atoms with Crippen molar-refractivity contribution in [3.8, 4) is 0 Å². The van der Waals surface area contributed by atoms with Gasteiger partial charge in [-0.15, -0.1) is 11.6 Å². The largest absolute Gasteiger partial charge is 0.129 e. The number of hydrogen-bond donors (Lipinski definition) is 0. The molecule has 0 bridgehead atoms. The lowest BCUT2D eigenvalue weighted by Crippen LogP contribution is -2.27. The van der Waals surface area contributed by atoms with Crippen LogP contribution in [0.2, 0.25) is 0 Å². The predicted octanol–water partition coefficient (Wildman–Crippen LogP) is 4.55. The molecule has 0 amide bonds. The molecule has 0 radical (unpaired) electrons. The minimum absolute atomic E-state index is 0.0689. The Bertz CT molecular complexity index is 80.2. The van der Waals surface area contributed by atoms with Gasteiger partial charge in [0.1, 0.15) is 7.52 Å². The Labute approximate surface area is 101 Å².